The third kappa shape index (κ3) is 4.24. The van der Waals surface area contributed by atoms with Gasteiger partial charge in [0.15, 0.2) is 5.75 Å². The molecule has 0 radical (unpaired) electrons. The van der Waals surface area contributed by atoms with Crippen LogP contribution in [0.3, 0.4) is 0 Å². The third-order valence-electron chi connectivity index (χ3n) is 6.77. The highest BCUT2D eigenvalue weighted by Crippen LogP contribution is 2.46. The molecule has 1 aliphatic rings. The van der Waals surface area contributed by atoms with E-state index in [-0.39, 0.29) is 0 Å². The smallest absolute Gasteiger partial charge is 0.277 e. The lowest BCUT2D eigenvalue weighted by Crippen LogP contribution is -2.49. The molecule has 0 aromatic heterocycles. The first-order valence-electron chi connectivity index (χ1n) is 12.1. The van der Waals surface area contributed by atoms with Gasteiger partial charge in [0, 0.05) is 10.9 Å². The van der Waals surface area contributed by atoms with E-state index >= 15 is 0 Å². The molecule has 172 valence electrons. The summed E-state index contributed by atoms with van der Waals surface area (Å²) in [4.78, 5) is 0. The van der Waals surface area contributed by atoms with Gasteiger partial charge >= 0.3 is 0 Å². The molecule has 0 saturated heterocycles. The van der Waals surface area contributed by atoms with Crippen LogP contribution in [0.25, 0.3) is 16.8 Å². The SMILES string of the molecule is C[Si](C)(Oc1c2c(c3ccccc3c1O[Si](C)(C)c1ccccc1)C=CCC2)c1ccccc1. The van der Waals surface area contributed by atoms with E-state index in [0.717, 1.165) is 29.7 Å². The highest BCUT2D eigenvalue weighted by Gasteiger charge is 2.35. The zero-order valence-corrected chi connectivity index (χ0v) is 22.5. The van der Waals surface area contributed by atoms with Gasteiger partial charge in [-0.1, -0.05) is 97.1 Å². The Morgan fingerprint density at radius 3 is 1.68 bits per heavy atom. The van der Waals surface area contributed by atoms with E-state index in [1.54, 1.807) is 0 Å². The summed E-state index contributed by atoms with van der Waals surface area (Å²) in [5.74, 6) is 1.87. The normalized spacial score (nSPS) is 13.5. The maximum Gasteiger partial charge on any atom is 0.277 e. The molecule has 0 aliphatic heterocycles. The van der Waals surface area contributed by atoms with E-state index in [2.05, 4.69) is 123 Å². The van der Waals surface area contributed by atoms with Gasteiger partial charge in [-0.15, -0.1) is 0 Å². The van der Waals surface area contributed by atoms with Gasteiger partial charge in [0.05, 0.1) is 0 Å². The van der Waals surface area contributed by atoms with Crippen molar-refractivity contribution < 1.29 is 8.85 Å². The van der Waals surface area contributed by atoms with E-state index in [0.29, 0.717) is 0 Å². The Labute approximate surface area is 205 Å². The zero-order chi connectivity index (χ0) is 23.8. The van der Waals surface area contributed by atoms with Gasteiger partial charge in [0.25, 0.3) is 16.6 Å². The average Bonchev–Trinajstić information content (AvgIpc) is 2.87. The van der Waals surface area contributed by atoms with Crippen LogP contribution >= 0.6 is 0 Å². The van der Waals surface area contributed by atoms with Gasteiger partial charge in [0.2, 0.25) is 0 Å². The maximum atomic E-state index is 7.11. The van der Waals surface area contributed by atoms with Crippen molar-refractivity contribution in [1.29, 1.82) is 0 Å². The van der Waals surface area contributed by atoms with Crippen molar-refractivity contribution in [2.75, 3.05) is 0 Å². The Morgan fingerprint density at radius 1 is 0.588 bits per heavy atom. The molecule has 1 aliphatic carbocycles. The molecule has 0 spiro atoms. The Bertz CT molecular complexity index is 1340. The van der Waals surface area contributed by atoms with Gasteiger partial charge in [-0.25, -0.2) is 0 Å². The number of hydrogen-bond donors (Lipinski definition) is 0. The summed E-state index contributed by atoms with van der Waals surface area (Å²) in [6.45, 7) is 9.12. The highest BCUT2D eigenvalue weighted by molar-refractivity contribution is 6.85. The summed E-state index contributed by atoms with van der Waals surface area (Å²) < 4.78 is 14.2. The first kappa shape index (κ1) is 22.7. The fraction of sp³-hybridized carbons (Fsp3) is 0.200. The van der Waals surface area contributed by atoms with Crippen LogP contribution in [-0.2, 0) is 6.42 Å². The van der Waals surface area contributed by atoms with Crippen LogP contribution in [0.1, 0.15) is 17.5 Å². The maximum absolute atomic E-state index is 7.11. The second-order valence-corrected chi connectivity index (χ2v) is 17.6. The first-order valence-corrected chi connectivity index (χ1v) is 17.9. The topological polar surface area (TPSA) is 18.5 Å². The lowest BCUT2D eigenvalue weighted by molar-refractivity contribution is 0.494. The highest BCUT2D eigenvalue weighted by atomic mass is 28.4. The van der Waals surface area contributed by atoms with Gasteiger partial charge in [-0.05, 0) is 60.4 Å². The van der Waals surface area contributed by atoms with Crippen LogP contribution in [-0.4, -0.2) is 16.6 Å². The molecule has 0 unspecified atom stereocenters. The standard InChI is InChI=1S/C30H32O2Si2/c1-33(2,23-15-7-5-8-16-23)31-29-27-21-13-11-19-25(27)26-20-12-14-22-28(26)30(29)32-34(3,4)24-17-9-6-10-18-24/h5-13,15-21H,14,22H2,1-4H3. The zero-order valence-electron chi connectivity index (χ0n) is 20.5. The summed E-state index contributed by atoms with van der Waals surface area (Å²) in [6.07, 6.45) is 6.54. The molecule has 0 bridgehead atoms. The minimum Gasteiger partial charge on any atom is -0.537 e. The second-order valence-electron chi connectivity index (χ2n) is 9.99. The van der Waals surface area contributed by atoms with Crippen LogP contribution in [0.2, 0.25) is 26.2 Å². The van der Waals surface area contributed by atoms with Crippen molar-refractivity contribution in [3.63, 3.8) is 0 Å². The van der Waals surface area contributed by atoms with E-state index in [1.807, 2.05) is 0 Å². The summed E-state index contributed by atoms with van der Waals surface area (Å²) in [7, 11) is -4.49. The largest absolute Gasteiger partial charge is 0.537 e. The van der Waals surface area contributed by atoms with Crippen molar-refractivity contribution in [2.24, 2.45) is 0 Å². The van der Waals surface area contributed by atoms with Crippen LogP contribution in [0, 0.1) is 0 Å². The fourth-order valence-corrected chi connectivity index (χ4v) is 8.51. The van der Waals surface area contributed by atoms with Crippen molar-refractivity contribution in [3.05, 3.63) is 102 Å². The molecule has 0 saturated carbocycles. The molecule has 5 rings (SSSR count). The Kier molecular flexibility index (Phi) is 5.96. The molecular weight excluding hydrogens is 449 g/mol. The van der Waals surface area contributed by atoms with Crippen LogP contribution in [0.5, 0.6) is 11.5 Å². The molecule has 0 atom stereocenters. The minimum atomic E-state index is -2.25. The van der Waals surface area contributed by atoms with Crippen molar-refractivity contribution in [1.82, 2.24) is 0 Å². The third-order valence-corrected chi connectivity index (χ3v) is 11.6. The van der Waals surface area contributed by atoms with Gasteiger partial charge in [-0.2, -0.15) is 0 Å². The number of allylic oxidation sites excluding steroid dienone is 1. The lowest BCUT2D eigenvalue weighted by Gasteiger charge is -2.33. The first-order chi connectivity index (χ1) is 16.4. The monoisotopic (exact) mass is 480 g/mol. The predicted molar refractivity (Wildman–Crippen MR) is 150 cm³/mol. The Balaban J connectivity index is 1.72. The fourth-order valence-electron chi connectivity index (χ4n) is 4.84. The predicted octanol–water partition coefficient (Wildman–Crippen LogP) is 6.78. The van der Waals surface area contributed by atoms with E-state index in [1.165, 1.54) is 26.9 Å². The van der Waals surface area contributed by atoms with Crippen molar-refractivity contribution in [2.45, 2.75) is 39.0 Å². The van der Waals surface area contributed by atoms with Gasteiger partial charge in [0.1, 0.15) is 5.75 Å². The molecule has 34 heavy (non-hydrogen) atoms. The number of fused-ring (bicyclic) bond motifs is 3. The molecule has 4 aromatic carbocycles. The molecular formula is C30H32O2Si2. The average molecular weight is 481 g/mol. The summed E-state index contributed by atoms with van der Waals surface area (Å²) in [5, 5.41) is 4.95. The van der Waals surface area contributed by atoms with E-state index in [4.69, 9.17) is 8.85 Å². The van der Waals surface area contributed by atoms with Gasteiger partial charge < -0.3 is 8.85 Å². The number of rotatable bonds is 6. The molecule has 4 heteroatoms. The van der Waals surface area contributed by atoms with Gasteiger partial charge in [-0.3, -0.25) is 0 Å². The summed E-state index contributed by atoms with van der Waals surface area (Å²) in [6, 6.07) is 30.0. The van der Waals surface area contributed by atoms with Crippen LogP contribution in [0.15, 0.2) is 91.0 Å². The molecule has 0 amide bonds. The summed E-state index contributed by atoms with van der Waals surface area (Å²) in [5.41, 5.74) is 2.56. The quantitative estimate of drug-likeness (QED) is 0.283. The number of hydrogen-bond acceptors (Lipinski definition) is 2. The molecule has 0 fully saturated rings. The Hall–Kier alpha value is -3.09. The van der Waals surface area contributed by atoms with Crippen LogP contribution < -0.4 is 19.2 Å². The minimum absolute atomic E-state index is 0.918. The molecule has 0 heterocycles. The van der Waals surface area contributed by atoms with E-state index in [9.17, 15) is 0 Å². The van der Waals surface area contributed by atoms with E-state index < -0.39 is 16.6 Å². The van der Waals surface area contributed by atoms with Crippen LogP contribution in [0.4, 0.5) is 0 Å². The molecule has 0 N–H and O–H groups in total. The second kappa shape index (κ2) is 8.93. The molecule has 4 aromatic rings. The van der Waals surface area contributed by atoms with Crippen molar-refractivity contribution in [3.8, 4) is 11.5 Å². The number of benzene rings is 4. The Morgan fingerprint density at radius 2 is 1.09 bits per heavy atom. The summed E-state index contributed by atoms with van der Waals surface area (Å²) >= 11 is 0. The van der Waals surface area contributed by atoms with Crippen molar-refractivity contribution >= 4 is 43.9 Å². The lowest BCUT2D eigenvalue weighted by atomic mass is 9.91. The molecule has 2 nitrogen and oxygen atoms in total.